The van der Waals surface area contributed by atoms with E-state index in [-0.39, 0.29) is 12.4 Å². The minimum atomic E-state index is 0. The van der Waals surface area contributed by atoms with Gasteiger partial charge in [-0.15, -0.1) is 12.4 Å². The van der Waals surface area contributed by atoms with Gasteiger partial charge < -0.3 is 4.74 Å². The molecule has 1 aliphatic carbocycles. The fourth-order valence-corrected chi connectivity index (χ4v) is 3.26. The van der Waals surface area contributed by atoms with Crippen LogP contribution in [-0.2, 0) is 6.54 Å². The topological polar surface area (TPSA) is 12.5 Å². The van der Waals surface area contributed by atoms with E-state index in [1.165, 1.54) is 48.8 Å². The smallest absolute Gasteiger partial charge is 0.142 e. The molecular weight excluding hydrogens is 258 g/mol. The molecule has 2 aliphatic rings. The maximum atomic E-state index is 6.03. The Morgan fingerprint density at radius 1 is 1.11 bits per heavy atom. The second-order valence-corrected chi connectivity index (χ2v) is 5.81. The van der Waals surface area contributed by atoms with Crippen LogP contribution in [0.5, 0.6) is 5.75 Å². The normalized spacial score (nSPS) is 20.3. The number of hydrogen-bond acceptors (Lipinski definition) is 2. The van der Waals surface area contributed by atoms with Crippen LogP contribution in [0.1, 0.15) is 48.8 Å². The SMILES string of the molecule is Cc1ccc2c(c1C)OCN(C1CCCCC1)C2.Cl. The fourth-order valence-electron chi connectivity index (χ4n) is 3.26. The molecule has 0 saturated heterocycles. The lowest BCUT2D eigenvalue weighted by Crippen LogP contribution is -2.41. The first-order chi connectivity index (χ1) is 8.75. The molecule has 0 radical (unpaired) electrons. The Kier molecular flexibility index (Phi) is 4.75. The summed E-state index contributed by atoms with van der Waals surface area (Å²) in [6, 6.07) is 5.21. The monoisotopic (exact) mass is 281 g/mol. The summed E-state index contributed by atoms with van der Waals surface area (Å²) < 4.78 is 6.03. The summed E-state index contributed by atoms with van der Waals surface area (Å²) in [5.41, 5.74) is 4.02. The van der Waals surface area contributed by atoms with Crippen molar-refractivity contribution in [2.75, 3.05) is 6.73 Å². The summed E-state index contributed by atoms with van der Waals surface area (Å²) in [6.07, 6.45) is 6.90. The number of benzene rings is 1. The molecule has 3 rings (SSSR count). The van der Waals surface area contributed by atoms with Gasteiger partial charge >= 0.3 is 0 Å². The molecule has 1 heterocycles. The highest BCUT2D eigenvalue weighted by molar-refractivity contribution is 5.85. The van der Waals surface area contributed by atoms with Gasteiger partial charge in [0.2, 0.25) is 0 Å². The van der Waals surface area contributed by atoms with E-state index >= 15 is 0 Å². The molecule has 0 N–H and O–H groups in total. The van der Waals surface area contributed by atoms with Crippen molar-refractivity contribution in [1.29, 1.82) is 0 Å². The molecule has 3 heteroatoms. The first-order valence-electron chi connectivity index (χ1n) is 7.21. The molecule has 0 spiro atoms. The third-order valence-corrected chi connectivity index (χ3v) is 4.60. The molecule has 1 aromatic carbocycles. The van der Waals surface area contributed by atoms with Crippen LogP contribution in [0.4, 0.5) is 0 Å². The zero-order valence-electron chi connectivity index (χ0n) is 11.9. The molecule has 19 heavy (non-hydrogen) atoms. The maximum absolute atomic E-state index is 6.03. The average Bonchev–Trinajstić information content (AvgIpc) is 2.44. The van der Waals surface area contributed by atoms with Crippen LogP contribution in [0.25, 0.3) is 0 Å². The van der Waals surface area contributed by atoms with E-state index in [9.17, 15) is 0 Å². The molecule has 0 aromatic heterocycles. The highest BCUT2D eigenvalue weighted by Gasteiger charge is 2.26. The Bertz CT molecular complexity index is 441. The molecule has 1 aliphatic heterocycles. The van der Waals surface area contributed by atoms with E-state index in [1.54, 1.807) is 0 Å². The molecule has 2 nitrogen and oxygen atoms in total. The van der Waals surface area contributed by atoms with Gasteiger partial charge in [0.05, 0.1) is 0 Å². The quantitative estimate of drug-likeness (QED) is 0.765. The number of ether oxygens (including phenoxy) is 1. The van der Waals surface area contributed by atoms with Crippen LogP contribution in [0.2, 0.25) is 0 Å². The van der Waals surface area contributed by atoms with Gasteiger partial charge in [-0.25, -0.2) is 0 Å². The predicted octanol–water partition coefficient (Wildman–Crippen LogP) is 4.21. The van der Waals surface area contributed by atoms with Gasteiger partial charge in [0.15, 0.2) is 0 Å². The Morgan fingerprint density at radius 3 is 2.58 bits per heavy atom. The Balaban J connectivity index is 0.00000133. The van der Waals surface area contributed by atoms with E-state index in [0.717, 1.165) is 25.1 Å². The van der Waals surface area contributed by atoms with Gasteiger partial charge in [-0.1, -0.05) is 31.4 Å². The van der Waals surface area contributed by atoms with Gasteiger partial charge in [0.1, 0.15) is 12.5 Å². The number of rotatable bonds is 1. The Morgan fingerprint density at radius 2 is 1.84 bits per heavy atom. The zero-order chi connectivity index (χ0) is 12.5. The van der Waals surface area contributed by atoms with Crippen LogP contribution in [-0.4, -0.2) is 17.7 Å². The van der Waals surface area contributed by atoms with E-state index in [4.69, 9.17) is 4.74 Å². The van der Waals surface area contributed by atoms with Gasteiger partial charge in [-0.3, -0.25) is 4.90 Å². The first-order valence-corrected chi connectivity index (χ1v) is 7.21. The second-order valence-electron chi connectivity index (χ2n) is 5.81. The van der Waals surface area contributed by atoms with Crippen LogP contribution in [0.15, 0.2) is 12.1 Å². The zero-order valence-corrected chi connectivity index (χ0v) is 12.8. The number of halogens is 1. The van der Waals surface area contributed by atoms with Crippen molar-refractivity contribution in [3.8, 4) is 5.75 Å². The fraction of sp³-hybridized carbons (Fsp3) is 0.625. The van der Waals surface area contributed by atoms with Gasteiger partial charge in [-0.2, -0.15) is 0 Å². The summed E-state index contributed by atoms with van der Waals surface area (Å²) in [4.78, 5) is 2.52. The highest BCUT2D eigenvalue weighted by atomic mass is 35.5. The van der Waals surface area contributed by atoms with Crippen LogP contribution < -0.4 is 4.74 Å². The van der Waals surface area contributed by atoms with Gasteiger partial charge in [0, 0.05) is 18.2 Å². The van der Waals surface area contributed by atoms with Crippen molar-refractivity contribution in [3.63, 3.8) is 0 Å². The van der Waals surface area contributed by atoms with Crippen molar-refractivity contribution in [2.45, 2.75) is 58.5 Å². The standard InChI is InChI=1S/C16H23NO.ClH/c1-12-8-9-14-10-17(11-18-16(14)13(12)2)15-6-4-3-5-7-15;/h8-9,15H,3-7,10-11H2,1-2H3;1H. The molecule has 0 unspecified atom stereocenters. The summed E-state index contributed by atoms with van der Waals surface area (Å²) in [6.45, 7) is 6.18. The summed E-state index contributed by atoms with van der Waals surface area (Å²) in [7, 11) is 0. The lowest BCUT2D eigenvalue weighted by molar-refractivity contribution is 0.0398. The predicted molar refractivity (Wildman–Crippen MR) is 81.1 cm³/mol. The molecule has 0 amide bonds. The number of aryl methyl sites for hydroxylation is 1. The van der Waals surface area contributed by atoms with Crippen molar-refractivity contribution >= 4 is 12.4 Å². The van der Waals surface area contributed by atoms with Crippen LogP contribution in [0, 0.1) is 13.8 Å². The van der Waals surface area contributed by atoms with E-state index < -0.39 is 0 Å². The molecule has 0 bridgehead atoms. The molecule has 1 saturated carbocycles. The Hall–Kier alpha value is -0.730. The van der Waals surface area contributed by atoms with Crippen molar-refractivity contribution < 1.29 is 4.74 Å². The largest absolute Gasteiger partial charge is 0.477 e. The average molecular weight is 282 g/mol. The molecule has 1 fully saturated rings. The highest BCUT2D eigenvalue weighted by Crippen LogP contribution is 2.33. The third kappa shape index (κ3) is 2.90. The maximum Gasteiger partial charge on any atom is 0.142 e. The molecule has 0 atom stereocenters. The first kappa shape index (κ1) is 14.7. The van der Waals surface area contributed by atoms with Crippen molar-refractivity contribution in [1.82, 2.24) is 4.90 Å². The summed E-state index contributed by atoms with van der Waals surface area (Å²) in [5, 5.41) is 0. The second kappa shape index (κ2) is 6.15. The van der Waals surface area contributed by atoms with Crippen LogP contribution >= 0.6 is 12.4 Å². The number of hydrogen-bond donors (Lipinski definition) is 0. The summed E-state index contributed by atoms with van der Waals surface area (Å²) >= 11 is 0. The minimum absolute atomic E-state index is 0. The third-order valence-electron chi connectivity index (χ3n) is 4.60. The van der Waals surface area contributed by atoms with E-state index in [2.05, 4.69) is 30.9 Å². The lowest BCUT2D eigenvalue weighted by atomic mass is 9.93. The number of fused-ring (bicyclic) bond motifs is 1. The van der Waals surface area contributed by atoms with E-state index in [1.807, 2.05) is 0 Å². The Labute approximate surface area is 122 Å². The van der Waals surface area contributed by atoms with Crippen molar-refractivity contribution in [2.24, 2.45) is 0 Å². The molecule has 106 valence electrons. The van der Waals surface area contributed by atoms with Crippen molar-refractivity contribution in [3.05, 3.63) is 28.8 Å². The van der Waals surface area contributed by atoms with Gasteiger partial charge in [-0.05, 0) is 37.8 Å². The lowest BCUT2D eigenvalue weighted by Gasteiger charge is -2.37. The van der Waals surface area contributed by atoms with Gasteiger partial charge in [0.25, 0.3) is 0 Å². The molecular formula is C16H24ClNO. The summed E-state index contributed by atoms with van der Waals surface area (Å²) in [5.74, 6) is 1.14. The van der Waals surface area contributed by atoms with E-state index in [0.29, 0.717) is 0 Å². The van der Waals surface area contributed by atoms with Crippen LogP contribution in [0.3, 0.4) is 0 Å². The number of nitrogens with zero attached hydrogens (tertiary/aromatic N) is 1. The molecule has 1 aromatic rings. The minimum Gasteiger partial charge on any atom is -0.477 e.